The van der Waals surface area contributed by atoms with Gasteiger partial charge in [0.15, 0.2) is 5.78 Å². The van der Waals surface area contributed by atoms with Crippen LogP contribution in [0.1, 0.15) is 61.4 Å². The summed E-state index contributed by atoms with van der Waals surface area (Å²) in [4.78, 5) is 39.2. The highest BCUT2D eigenvalue weighted by atomic mass is 16.5. The third-order valence-electron chi connectivity index (χ3n) is 7.79. The van der Waals surface area contributed by atoms with Gasteiger partial charge in [-0.15, -0.1) is 0 Å². The van der Waals surface area contributed by atoms with E-state index >= 15 is 0 Å². The van der Waals surface area contributed by atoms with Gasteiger partial charge in [0.05, 0.1) is 17.0 Å². The maximum Gasteiger partial charge on any atom is 0.314 e. The number of benzene rings is 2. The van der Waals surface area contributed by atoms with Crippen molar-refractivity contribution in [1.29, 1.82) is 0 Å². The van der Waals surface area contributed by atoms with Crippen LogP contribution in [0, 0.1) is 23.7 Å². The van der Waals surface area contributed by atoms with Gasteiger partial charge in [-0.3, -0.25) is 14.4 Å². The third kappa shape index (κ3) is 1.63. The Bertz CT molecular complexity index is 1270. The van der Waals surface area contributed by atoms with Gasteiger partial charge in [-0.25, -0.2) is 0 Å². The number of hydrogen-bond donors (Lipinski definition) is 2. The molecule has 1 saturated carbocycles. The summed E-state index contributed by atoms with van der Waals surface area (Å²) >= 11 is 0. The highest BCUT2D eigenvalue weighted by Gasteiger charge is 2.62. The molecule has 6 aliphatic rings. The van der Waals surface area contributed by atoms with Gasteiger partial charge in [-0.1, -0.05) is 24.3 Å². The van der Waals surface area contributed by atoms with Crippen LogP contribution in [0.5, 0.6) is 11.5 Å². The van der Waals surface area contributed by atoms with Crippen LogP contribution in [0.3, 0.4) is 0 Å². The largest absolute Gasteiger partial charge is 0.507 e. The lowest BCUT2D eigenvalue weighted by Gasteiger charge is -2.49. The smallest absolute Gasteiger partial charge is 0.314 e. The van der Waals surface area contributed by atoms with Crippen molar-refractivity contribution in [2.75, 3.05) is 0 Å². The molecule has 2 aliphatic heterocycles. The molecule has 0 unspecified atom stereocenters. The van der Waals surface area contributed by atoms with Crippen LogP contribution >= 0.6 is 0 Å². The molecule has 8 rings (SSSR count). The molecular weight excluding hydrogens is 384 g/mol. The number of fused-ring (bicyclic) bond motifs is 5. The second-order valence-electron chi connectivity index (χ2n) is 8.95. The van der Waals surface area contributed by atoms with E-state index in [1.54, 1.807) is 6.07 Å². The minimum absolute atomic E-state index is 0.0780. The van der Waals surface area contributed by atoms with E-state index in [2.05, 4.69) is 12.2 Å². The Hall–Kier alpha value is -3.41. The molecule has 0 aromatic heterocycles. The summed E-state index contributed by atoms with van der Waals surface area (Å²) in [6.45, 7) is 0. The Morgan fingerprint density at radius 3 is 2.47 bits per heavy atom. The van der Waals surface area contributed by atoms with E-state index in [4.69, 9.17) is 4.74 Å². The van der Waals surface area contributed by atoms with E-state index in [1.165, 1.54) is 18.2 Å². The monoisotopic (exact) mass is 400 g/mol. The topological polar surface area (TPSA) is 101 Å². The number of hydrogen-bond acceptors (Lipinski definition) is 6. The predicted octanol–water partition coefficient (Wildman–Crippen LogP) is 3.01. The van der Waals surface area contributed by atoms with Crippen LogP contribution in [-0.4, -0.2) is 27.7 Å². The number of aromatic hydroxyl groups is 2. The second-order valence-corrected chi connectivity index (χ2v) is 8.95. The second kappa shape index (κ2) is 5.01. The van der Waals surface area contributed by atoms with Crippen LogP contribution in [0.15, 0.2) is 36.4 Å². The fourth-order valence-corrected chi connectivity index (χ4v) is 6.72. The first-order chi connectivity index (χ1) is 14.5. The fraction of sp³-hybridized carbons (Fsp3) is 0.292. The molecule has 4 aliphatic carbocycles. The molecule has 1 saturated heterocycles. The number of carbonyl (C=O) groups is 3. The minimum atomic E-state index is -0.624. The standard InChI is InChI=1S/C24H16O6/c25-13-3-1-2-10-16(13)21(27)18-12(20(10)26)7-11-17-14-8-4-5-9(6-8)15(14)23(30-24(17)29)19(11)22(18)28/h1-5,7-9,14-15,17,23,25,28H,6H2/t8-,9+,14+,15-,17-,23-/m1/s1. The summed E-state index contributed by atoms with van der Waals surface area (Å²) in [6.07, 6.45) is 4.68. The molecule has 0 radical (unpaired) electrons. The lowest BCUT2D eigenvalue weighted by Crippen LogP contribution is -2.47. The lowest BCUT2D eigenvalue weighted by atomic mass is 9.60. The summed E-state index contributed by atoms with van der Waals surface area (Å²) < 4.78 is 5.73. The zero-order valence-corrected chi connectivity index (χ0v) is 15.7. The minimum Gasteiger partial charge on any atom is -0.507 e. The van der Waals surface area contributed by atoms with Crippen LogP contribution in [0.25, 0.3) is 0 Å². The fourth-order valence-electron chi connectivity index (χ4n) is 6.72. The summed E-state index contributed by atoms with van der Waals surface area (Å²) in [5.41, 5.74) is 1.07. The van der Waals surface area contributed by atoms with Crippen molar-refractivity contribution in [3.63, 3.8) is 0 Å². The molecule has 4 bridgehead atoms. The number of rotatable bonds is 0. The van der Waals surface area contributed by atoms with E-state index in [-0.39, 0.29) is 57.5 Å². The first kappa shape index (κ1) is 16.4. The lowest BCUT2D eigenvalue weighted by molar-refractivity contribution is -0.172. The van der Waals surface area contributed by atoms with Crippen molar-refractivity contribution in [2.24, 2.45) is 23.7 Å². The van der Waals surface area contributed by atoms with Crippen molar-refractivity contribution >= 4 is 17.5 Å². The van der Waals surface area contributed by atoms with E-state index in [1.807, 2.05) is 0 Å². The molecule has 6 heteroatoms. The quantitative estimate of drug-likeness (QED) is 0.444. The summed E-state index contributed by atoms with van der Waals surface area (Å²) in [5.74, 6) is -1.71. The zero-order valence-electron chi connectivity index (χ0n) is 15.7. The van der Waals surface area contributed by atoms with E-state index in [9.17, 15) is 24.6 Å². The Labute approximate surface area is 170 Å². The van der Waals surface area contributed by atoms with Crippen molar-refractivity contribution < 1.29 is 29.3 Å². The van der Waals surface area contributed by atoms with Gasteiger partial charge in [0.25, 0.3) is 0 Å². The predicted molar refractivity (Wildman–Crippen MR) is 102 cm³/mol. The number of phenols is 2. The molecule has 2 fully saturated rings. The van der Waals surface area contributed by atoms with E-state index < -0.39 is 23.6 Å². The number of carbonyl (C=O) groups excluding carboxylic acids is 3. The Morgan fingerprint density at radius 1 is 0.900 bits per heavy atom. The van der Waals surface area contributed by atoms with Gasteiger partial charge in [-0.05, 0) is 41.9 Å². The molecule has 2 heterocycles. The number of esters is 1. The van der Waals surface area contributed by atoms with Crippen molar-refractivity contribution in [2.45, 2.75) is 18.4 Å². The Morgan fingerprint density at radius 2 is 1.67 bits per heavy atom. The van der Waals surface area contributed by atoms with Crippen LogP contribution in [-0.2, 0) is 9.53 Å². The van der Waals surface area contributed by atoms with Gasteiger partial charge in [0.2, 0.25) is 5.78 Å². The number of ether oxygens (including phenoxy) is 1. The zero-order chi connectivity index (χ0) is 20.5. The van der Waals surface area contributed by atoms with Gasteiger partial charge < -0.3 is 14.9 Å². The van der Waals surface area contributed by atoms with E-state index in [0.29, 0.717) is 17.0 Å². The molecule has 6 atom stereocenters. The maximum absolute atomic E-state index is 13.2. The average molecular weight is 400 g/mol. The van der Waals surface area contributed by atoms with Gasteiger partial charge in [-0.2, -0.15) is 0 Å². The highest BCUT2D eigenvalue weighted by molar-refractivity contribution is 6.30. The van der Waals surface area contributed by atoms with Crippen LogP contribution < -0.4 is 0 Å². The molecular formula is C24H16O6. The molecule has 148 valence electrons. The van der Waals surface area contributed by atoms with Crippen molar-refractivity contribution in [1.82, 2.24) is 0 Å². The van der Waals surface area contributed by atoms with Gasteiger partial charge in [0.1, 0.15) is 17.6 Å². The number of ketones is 2. The van der Waals surface area contributed by atoms with Crippen LogP contribution in [0.4, 0.5) is 0 Å². The number of allylic oxidation sites excluding steroid dienone is 2. The SMILES string of the molecule is O=C1c2cccc(O)c2C(=O)c2c1cc1c(c2O)[C@@H]2OC(=O)[C@H]1[C@@H]1[C@H]2[C@H]2C=C[C@@H]1C2. The van der Waals surface area contributed by atoms with Crippen molar-refractivity contribution in [3.8, 4) is 11.5 Å². The highest BCUT2D eigenvalue weighted by Crippen LogP contribution is 2.66. The average Bonchev–Trinajstić information content (AvgIpc) is 3.34. The van der Waals surface area contributed by atoms with Crippen molar-refractivity contribution in [3.05, 3.63) is 69.8 Å². The molecule has 2 aromatic rings. The van der Waals surface area contributed by atoms with Gasteiger partial charge >= 0.3 is 5.97 Å². The number of phenolic OH excluding ortho intramolecular Hbond substituents is 2. The Kier molecular flexibility index (Phi) is 2.74. The molecule has 2 aromatic carbocycles. The molecule has 0 amide bonds. The molecule has 0 spiro atoms. The summed E-state index contributed by atoms with van der Waals surface area (Å²) in [6, 6.07) is 5.96. The van der Waals surface area contributed by atoms with E-state index in [0.717, 1.165) is 6.42 Å². The molecule has 6 nitrogen and oxygen atoms in total. The summed E-state index contributed by atoms with van der Waals surface area (Å²) in [5, 5.41) is 21.4. The first-order valence-corrected chi connectivity index (χ1v) is 10.2. The molecule has 2 N–H and O–H groups in total. The maximum atomic E-state index is 13.2. The van der Waals surface area contributed by atoms with Crippen LogP contribution in [0.2, 0.25) is 0 Å². The normalized spacial score (nSPS) is 33.8. The first-order valence-electron chi connectivity index (χ1n) is 10.2. The third-order valence-corrected chi connectivity index (χ3v) is 7.79. The Balaban J connectivity index is 1.51. The van der Waals surface area contributed by atoms with Gasteiger partial charge in [0, 0.05) is 22.6 Å². The summed E-state index contributed by atoms with van der Waals surface area (Å²) in [7, 11) is 0. The molecule has 30 heavy (non-hydrogen) atoms.